The first kappa shape index (κ1) is 17.8. The number of likely N-dealkylation sites (N-methyl/N-ethyl adjacent to an activating group) is 1. The van der Waals surface area contributed by atoms with Crippen LogP contribution in [0.25, 0.3) is 0 Å². The zero-order valence-corrected chi connectivity index (χ0v) is 15.1. The predicted molar refractivity (Wildman–Crippen MR) is 94.0 cm³/mol. The molecule has 0 saturated carbocycles. The van der Waals surface area contributed by atoms with Gasteiger partial charge in [-0.05, 0) is 56.8 Å². The van der Waals surface area contributed by atoms with Crippen LogP contribution in [0.2, 0.25) is 0 Å². The molecule has 1 fully saturated rings. The van der Waals surface area contributed by atoms with Crippen LogP contribution >= 0.6 is 0 Å². The summed E-state index contributed by atoms with van der Waals surface area (Å²) >= 11 is 0. The number of piperidine rings is 1. The number of aryl methyl sites for hydroxylation is 1. The molecule has 1 N–H and O–H groups in total. The van der Waals surface area contributed by atoms with Crippen LogP contribution in [0, 0.1) is 6.92 Å². The lowest BCUT2D eigenvalue weighted by molar-refractivity contribution is -0.139. The van der Waals surface area contributed by atoms with Gasteiger partial charge < -0.3 is 15.0 Å². The quantitative estimate of drug-likeness (QED) is 0.907. The SMILES string of the molecule is CNC1CCCN(C(=O)C(C)Oc2cc(C(C)C)ccc2C)C1. The second-order valence-electron chi connectivity index (χ2n) is 6.85. The average Bonchev–Trinajstić information content (AvgIpc) is 2.55. The molecule has 2 atom stereocenters. The summed E-state index contributed by atoms with van der Waals surface area (Å²) in [5.41, 5.74) is 2.30. The van der Waals surface area contributed by atoms with Crippen molar-refractivity contribution in [2.45, 2.75) is 58.6 Å². The summed E-state index contributed by atoms with van der Waals surface area (Å²) < 4.78 is 6.01. The van der Waals surface area contributed by atoms with Crippen molar-refractivity contribution in [3.05, 3.63) is 29.3 Å². The molecule has 1 saturated heterocycles. The molecule has 4 nitrogen and oxygen atoms in total. The van der Waals surface area contributed by atoms with Gasteiger partial charge in [-0.3, -0.25) is 4.79 Å². The highest BCUT2D eigenvalue weighted by Crippen LogP contribution is 2.25. The number of nitrogens with one attached hydrogen (secondary N) is 1. The number of carbonyl (C=O) groups is 1. The number of ether oxygens (including phenoxy) is 1. The van der Waals surface area contributed by atoms with Gasteiger partial charge >= 0.3 is 0 Å². The van der Waals surface area contributed by atoms with Crippen LogP contribution in [0.3, 0.4) is 0 Å². The third-order valence-corrected chi connectivity index (χ3v) is 4.67. The molecule has 2 rings (SSSR count). The lowest BCUT2D eigenvalue weighted by Gasteiger charge is -2.34. The summed E-state index contributed by atoms with van der Waals surface area (Å²) in [4.78, 5) is 14.6. The van der Waals surface area contributed by atoms with Gasteiger partial charge in [0.25, 0.3) is 5.91 Å². The lowest BCUT2D eigenvalue weighted by atomic mass is 10.0. The van der Waals surface area contributed by atoms with Crippen molar-refractivity contribution in [1.29, 1.82) is 0 Å². The minimum atomic E-state index is -0.452. The number of nitrogens with zero attached hydrogens (tertiary/aromatic N) is 1. The van der Waals surface area contributed by atoms with Crippen molar-refractivity contribution < 1.29 is 9.53 Å². The van der Waals surface area contributed by atoms with Gasteiger partial charge in [0.05, 0.1) is 0 Å². The number of hydrogen-bond acceptors (Lipinski definition) is 3. The molecule has 1 amide bonds. The van der Waals surface area contributed by atoms with Crippen LogP contribution < -0.4 is 10.1 Å². The van der Waals surface area contributed by atoms with Crippen molar-refractivity contribution in [2.24, 2.45) is 0 Å². The first-order valence-electron chi connectivity index (χ1n) is 8.65. The van der Waals surface area contributed by atoms with Crippen LogP contribution in [0.4, 0.5) is 0 Å². The Morgan fingerprint density at radius 1 is 1.35 bits per heavy atom. The molecular weight excluding hydrogens is 288 g/mol. The fraction of sp³-hybridized carbons (Fsp3) is 0.632. The minimum Gasteiger partial charge on any atom is -0.481 e. The van der Waals surface area contributed by atoms with Gasteiger partial charge in [-0.1, -0.05) is 26.0 Å². The second-order valence-corrected chi connectivity index (χ2v) is 6.85. The molecule has 0 aromatic heterocycles. The molecule has 0 spiro atoms. The molecule has 23 heavy (non-hydrogen) atoms. The highest BCUT2D eigenvalue weighted by atomic mass is 16.5. The average molecular weight is 318 g/mol. The van der Waals surface area contributed by atoms with E-state index in [1.165, 1.54) is 5.56 Å². The topological polar surface area (TPSA) is 41.6 Å². The summed E-state index contributed by atoms with van der Waals surface area (Å²) in [6.07, 6.45) is 1.73. The molecule has 1 aliphatic rings. The predicted octanol–water partition coefficient (Wildman–Crippen LogP) is 3.10. The minimum absolute atomic E-state index is 0.0827. The number of amides is 1. The number of rotatable bonds is 5. The van der Waals surface area contributed by atoms with Crippen molar-refractivity contribution in [3.8, 4) is 5.75 Å². The van der Waals surface area contributed by atoms with E-state index in [1.807, 2.05) is 25.8 Å². The Kier molecular flexibility index (Phi) is 6.05. The standard InChI is InChI=1S/C19H30N2O2/c1-13(2)16-9-8-14(3)18(11-16)23-15(4)19(22)21-10-6-7-17(12-21)20-5/h8-9,11,13,15,17,20H,6-7,10,12H2,1-5H3. The molecule has 0 radical (unpaired) electrons. The zero-order chi connectivity index (χ0) is 17.0. The number of benzene rings is 1. The van der Waals surface area contributed by atoms with E-state index < -0.39 is 6.10 Å². The Bertz CT molecular complexity index is 542. The largest absolute Gasteiger partial charge is 0.481 e. The van der Waals surface area contributed by atoms with Gasteiger partial charge in [-0.2, -0.15) is 0 Å². The van der Waals surface area contributed by atoms with Crippen molar-refractivity contribution >= 4 is 5.91 Å². The van der Waals surface area contributed by atoms with E-state index in [0.717, 1.165) is 37.2 Å². The molecule has 1 aromatic carbocycles. The van der Waals surface area contributed by atoms with Gasteiger partial charge in [-0.25, -0.2) is 0 Å². The van der Waals surface area contributed by atoms with E-state index >= 15 is 0 Å². The van der Waals surface area contributed by atoms with Crippen LogP contribution in [0.5, 0.6) is 5.75 Å². The second kappa shape index (κ2) is 7.82. The van der Waals surface area contributed by atoms with Gasteiger partial charge in [0.15, 0.2) is 6.10 Å². The first-order valence-corrected chi connectivity index (χ1v) is 8.65. The zero-order valence-electron chi connectivity index (χ0n) is 15.1. The van der Waals surface area contributed by atoms with Crippen LogP contribution in [-0.4, -0.2) is 43.1 Å². The van der Waals surface area contributed by atoms with E-state index in [2.05, 4.69) is 37.4 Å². The lowest BCUT2D eigenvalue weighted by Crippen LogP contribution is -2.50. The smallest absolute Gasteiger partial charge is 0.263 e. The number of hydrogen-bond donors (Lipinski definition) is 1. The summed E-state index contributed by atoms with van der Waals surface area (Å²) in [5.74, 6) is 1.35. The van der Waals surface area contributed by atoms with Gasteiger partial charge in [0.1, 0.15) is 5.75 Å². The van der Waals surface area contributed by atoms with Crippen molar-refractivity contribution in [2.75, 3.05) is 20.1 Å². The third-order valence-electron chi connectivity index (χ3n) is 4.67. The van der Waals surface area contributed by atoms with Crippen LogP contribution in [0.15, 0.2) is 18.2 Å². The molecule has 4 heteroatoms. The van der Waals surface area contributed by atoms with E-state index in [9.17, 15) is 4.79 Å². The van der Waals surface area contributed by atoms with E-state index in [1.54, 1.807) is 0 Å². The normalized spacial score (nSPS) is 19.7. The molecule has 0 aliphatic carbocycles. The van der Waals surface area contributed by atoms with Crippen molar-refractivity contribution in [3.63, 3.8) is 0 Å². The van der Waals surface area contributed by atoms with E-state index in [0.29, 0.717) is 12.0 Å². The van der Waals surface area contributed by atoms with Crippen LogP contribution in [0.1, 0.15) is 50.7 Å². The molecular formula is C19H30N2O2. The van der Waals surface area contributed by atoms with Crippen LogP contribution in [-0.2, 0) is 4.79 Å². The Morgan fingerprint density at radius 3 is 2.74 bits per heavy atom. The van der Waals surface area contributed by atoms with Crippen molar-refractivity contribution in [1.82, 2.24) is 10.2 Å². The summed E-state index contributed by atoms with van der Waals surface area (Å²) in [7, 11) is 1.96. The Labute approximate surface area is 140 Å². The van der Waals surface area contributed by atoms with E-state index in [4.69, 9.17) is 4.74 Å². The maximum absolute atomic E-state index is 12.7. The van der Waals surface area contributed by atoms with Gasteiger partial charge in [0, 0.05) is 19.1 Å². The third kappa shape index (κ3) is 4.47. The first-order chi connectivity index (χ1) is 10.9. The molecule has 2 unspecified atom stereocenters. The maximum Gasteiger partial charge on any atom is 0.263 e. The Morgan fingerprint density at radius 2 is 2.09 bits per heavy atom. The molecule has 1 heterocycles. The fourth-order valence-corrected chi connectivity index (χ4v) is 3.01. The number of likely N-dealkylation sites (tertiary alicyclic amines) is 1. The van der Waals surface area contributed by atoms with E-state index in [-0.39, 0.29) is 5.91 Å². The molecule has 1 aromatic rings. The van der Waals surface area contributed by atoms with Gasteiger partial charge in [-0.15, -0.1) is 0 Å². The summed E-state index contributed by atoms with van der Waals surface area (Å²) in [6.45, 7) is 9.80. The highest BCUT2D eigenvalue weighted by Gasteiger charge is 2.27. The maximum atomic E-state index is 12.7. The summed E-state index contributed by atoms with van der Waals surface area (Å²) in [5, 5.41) is 3.27. The summed E-state index contributed by atoms with van der Waals surface area (Å²) in [6, 6.07) is 6.66. The Hall–Kier alpha value is -1.55. The molecule has 128 valence electrons. The highest BCUT2D eigenvalue weighted by molar-refractivity contribution is 5.81. The number of carbonyl (C=O) groups excluding carboxylic acids is 1. The monoisotopic (exact) mass is 318 g/mol. The Balaban J connectivity index is 2.04. The van der Waals surface area contributed by atoms with Gasteiger partial charge in [0.2, 0.25) is 0 Å². The molecule has 0 bridgehead atoms. The fourth-order valence-electron chi connectivity index (χ4n) is 3.01. The molecule has 1 aliphatic heterocycles.